The smallest absolute Gasteiger partial charge is 0.303 e. The lowest BCUT2D eigenvalue weighted by Gasteiger charge is -2.03. The largest absolute Gasteiger partial charge is 0.481 e. The number of nitrogens with zero attached hydrogens (tertiary/aromatic N) is 1. The normalized spacial score (nSPS) is 10.6. The number of rotatable bonds is 8. The Hall–Kier alpha value is -1.25. The van der Waals surface area contributed by atoms with Crippen LogP contribution in [-0.4, -0.2) is 15.6 Å². The lowest BCUT2D eigenvalue weighted by Crippen LogP contribution is -1.95. The van der Waals surface area contributed by atoms with E-state index in [4.69, 9.17) is 5.11 Å². The standard InChI is InChI=1S/C13H21NO2/c1-14-11-7-9-12(14)8-5-3-2-4-6-10-13(15)16/h7,9,11H,2-6,8,10H2,1H3,(H,15,16). The molecule has 1 heterocycles. The molecule has 0 fully saturated rings. The quantitative estimate of drug-likeness (QED) is 0.688. The van der Waals surface area contributed by atoms with Crippen LogP contribution < -0.4 is 0 Å². The first-order valence-corrected chi connectivity index (χ1v) is 6.02. The summed E-state index contributed by atoms with van der Waals surface area (Å²) in [6, 6.07) is 4.23. The Morgan fingerprint density at radius 2 is 1.94 bits per heavy atom. The molecular weight excluding hydrogens is 202 g/mol. The number of aliphatic carboxylic acids is 1. The number of aryl methyl sites for hydroxylation is 2. The summed E-state index contributed by atoms with van der Waals surface area (Å²) >= 11 is 0. The van der Waals surface area contributed by atoms with Crippen molar-refractivity contribution in [3.05, 3.63) is 24.0 Å². The lowest BCUT2D eigenvalue weighted by molar-refractivity contribution is -0.137. The topological polar surface area (TPSA) is 42.2 Å². The minimum absolute atomic E-state index is 0.317. The molecule has 1 aromatic heterocycles. The van der Waals surface area contributed by atoms with Gasteiger partial charge in [-0.3, -0.25) is 4.79 Å². The van der Waals surface area contributed by atoms with Gasteiger partial charge in [0.15, 0.2) is 0 Å². The molecule has 0 radical (unpaired) electrons. The predicted molar refractivity (Wildman–Crippen MR) is 64.5 cm³/mol. The van der Waals surface area contributed by atoms with Crippen LogP contribution >= 0.6 is 0 Å². The van der Waals surface area contributed by atoms with Gasteiger partial charge in [0.05, 0.1) is 0 Å². The maximum atomic E-state index is 10.3. The Morgan fingerprint density at radius 3 is 2.56 bits per heavy atom. The first kappa shape index (κ1) is 12.8. The highest BCUT2D eigenvalue weighted by Gasteiger charge is 1.98. The summed E-state index contributed by atoms with van der Waals surface area (Å²) in [6.07, 6.45) is 8.93. The molecule has 0 aliphatic rings. The second-order valence-electron chi connectivity index (χ2n) is 4.27. The Bertz CT molecular complexity index is 317. The Kier molecular flexibility index (Phi) is 5.68. The maximum absolute atomic E-state index is 10.3. The third-order valence-corrected chi connectivity index (χ3v) is 2.87. The lowest BCUT2D eigenvalue weighted by atomic mass is 10.1. The van der Waals surface area contributed by atoms with Crippen LogP contribution in [0.2, 0.25) is 0 Å². The number of carboxylic acid groups (broad SMARTS) is 1. The summed E-state index contributed by atoms with van der Waals surface area (Å²) in [5.41, 5.74) is 1.38. The molecule has 0 aliphatic carbocycles. The van der Waals surface area contributed by atoms with Gasteiger partial charge >= 0.3 is 5.97 Å². The monoisotopic (exact) mass is 223 g/mol. The van der Waals surface area contributed by atoms with Crippen molar-refractivity contribution in [2.24, 2.45) is 7.05 Å². The van der Waals surface area contributed by atoms with Crippen LogP contribution in [0.5, 0.6) is 0 Å². The Balaban J connectivity index is 1.96. The molecule has 3 heteroatoms. The number of hydrogen-bond acceptors (Lipinski definition) is 1. The van der Waals surface area contributed by atoms with Crippen LogP contribution in [0.3, 0.4) is 0 Å². The van der Waals surface area contributed by atoms with E-state index < -0.39 is 5.97 Å². The molecule has 0 unspecified atom stereocenters. The first-order chi connectivity index (χ1) is 7.70. The van der Waals surface area contributed by atoms with Crippen LogP contribution in [0.25, 0.3) is 0 Å². The molecule has 0 saturated carbocycles. The Labute approximate surface area is 97.1 Å². The molecule has 90 valence electrons. The van der Waals surface area contributed by atoms with Crippen molar-refractivity contribution in [2.75, 3.05) is 0 Å². The van der Waals surface area contributed by atoms with Gasteiger partial charge in [0.25, 0.3) is 0 Å². The Morgan fingerprint density at radius 1 is 1.25 bits per heavy atom. The van der Waals surface area contributed by atoms with Gasteiger partial charge in [-0.05, 0) is 31.4 Å². The number of unbranched alkanes of at least 4 members (excludes halogenated alkanes) is 4. The molecular formula is C13H21NO2. The van der Waals surface area contributed by atoms with E-state index in [0.29, 0.717) is 6.42 Å². The van der Waals surface area contributed by atoms with E-state index in [1.54, 1.807) is 0 Å². The van der Waals surface area contributed by atoms with E-state index in [-0.39, 0.29) is 0 Å². The second kappa shape index (κ2) is 7.09. The minimum atomic E-state index is -0.677. The van der Waals surface area contributed by atoms with E-state index >= 15 is 0 Å². The van der Waals surface area contributed by atoms with Crippen molar-refractivity contribution in [2.45, 2.75) is 44.9 Å². The fourth-order valence-electron chi connectivity index (χ4n) is 1.87. The van der Waals surface area contributed by atoms with Gasteiger partial charge in [0.2, 0.25) is 0 Å². The van der Waals surface area contributed by atoms with E-state index in [1.807, 2.05) is 0 Å². The van der Waals surface area contributed by atoms with Gasteiger partial charge in [-0.15, -0.1) is 0 Å². The van der Waals surface area contributed by atoms with Gasteiger partial charge in [-0.2, -0.15) is 0 Å². The third-order valence-electron chi connectivity index (χ3n) is 2.87. The van der Waals surface area contributed by atoms with E-state index in [9.17, 15) is 4.79 Å². The van der Waals surface area contributed by atoms with Crippen LogP contribution in [-0.2, 0) is 18.3 Å². The van der Waals surface area contributed by atoms with E-state index in [0.717, 1.165) is 25.7 Å². The summed E-state index contributed by atoms with van der Waals surface area (Å²) in [7, 11) is 2.07. The fraction of sp³-hybridized carbons (Fsp3) is 0.615. The van der Waals surface area contributed by atoms with Crippen molar-refractivity contribution in [1.82, 2.24) is 4.57 Å². The maximum Gasteiger partial charge on any atom is 0.303 e. The predicted octanol–water partition coefficient (Wildman–Crippen LogP) is 2.99. The van der Waals surface area contributed by atoms with Crippen molar-refractivity contribution in [3.8, 4) is 0 Å². The van der Waals surface area contributed by atoms with Gasteiger partial charge < -0.3 is 9.67 Å². The highest BCUT2D eigenvalue weighted by molar-refractivity contribution is 5.66. The number of carbonyl (C=O) groups is 1. The van der Waals surface area contributed by atoms with Crippen molar-refractivity contribution >= 4 is 5.97 Å². The number of aromatic nitrogens is 1. The highest BCUT2D eigenvalue weighted by Crippen LogP contribution is 2.09. The van der Waals surface area contributed by atoms with Crippen molar-refractivity contribution in [3.63, 3.8) is 0 Å². The summed E-state index contributed by atoms with van der Waals surface area (Å²) < 4.78 is 2.16. The summed E-state index contributed by atoms with van der Waals surface area (Å²) in [4.78, 5) is 10.3. The summed E-state index contributed by atoms with van der Waals surface area (Å²) in [5.74, 6) is -0.677. The molecule has 16 heavy (non-hydrogen) atoms. The highest BCUT2D eigenvalue weighted by atomic mass is 16.4. The molecule has 0 aromatic carbocycles. The van der Waals surface area contributed by atoms with E-state index in [2.05, 4.69) is 29.9 Å². The first-order valence-electron chi connectivity index (χ1n) is 6.02. The fourth-order valence-corrected chi connectivity index (χ4v) is 1.87. The molecule has 1 aromatic rings. The zero-order chi connectivity index (χ0) is 11.8. The number of carboxylic acids is 1. The third kappa shape index (κ3) is 5.01. The SMILES string of the molecule is Cn1cccc1CCCCCCCC(=O)O. The minimum Gasteiger partial charge on any atom is -0.481 e. The molecule has 0 spiro atoms. The molecule has 0 amide bonds. The van der Waals surface area contributed by atoms with Gasteiger partial charge in [0, 0.05) is 25.4 Å². The second-order valence-corrected chi connectivity index (χ2v) is 4.27. The number of hydrogen-bond donors (Lipinski definition) is 1. The van der Waals surface area contributed by atoms with Gasteiger partial charge in [0.1, 0.15) is 0 Å². The molecule has 0 saturated heterocycles. The van der Waals surface area contributed by atoms with E-state index in [1.165, 1.54) is 18.5 Å². The molecule has 0 atom stereocenters. The summed E-state index contributed by atoms with van der Waals surface area (Å²) in [6.45, 7) is 0. The molecule has 0 aliphatic heterocycles. The average molecular weight is 223 g/mol. The average Bonchev–Trinajstić information content (AvgIpc) is 2.62. The van der Waals surface area contributed by atoms with Crippen LogP contribution in [0.4, 0.5) is 0 Å². The van der Waals surface area contributed by atoms with Gasteiger partial charge in [-0.1, -0.05) is 19.3 Å². The van der Waals surface area contributed by atoms with Crippen LogP contribution in [0, 0.1) is 0 Å². The summed E-state index contributed by atoms with van der Waals surface area (Å²) in [5, 5.41) is 8.47. The molecule has 1 rings (SSSR count). The molecule has 3 nitrogen and oxygen atoms in total. The zero-order valence-corrected chi connectivity index (χ0v) is 9.98. The van der Waals surface area contributed by atoms with Gasteiger partial charge in [-0.25, -0.2) is 0 Å². The van der Waals surface area contributed by atoms with Crippen LogP contribution in [0.1, 0.15) is 44.2 Å². The molecule has 0 bridgehead atoms. The molecule has 1 N–H and O–H groups in total. The van der Waals surface area contributed by atoms with Crippen molar-refractivity contribution in [1.29, 1.82) is 0 Å². The zero-order valence-electron chi connectivity index (χ0n) is 9.98. The van der Waals surface area contributed by atoms with Crippen molar-refractivity contribution < 1.29 is 9.90 Å². The van der Waals surface area contributed by atoms with Crippen LogP contribution in [0.15, 0.2) is 18.3 Å².